The second kappa shape index (κ2) is 6.18. The lowest BCUT2D eigenvalue weighted by molar-refractivity contribution is -0.116. The highest BCUT2D eigenvalue weighted by Crippen LogP contribution is 2.19. The molecule has 23 heavy (non-hydrogen) atoms. The summed E-state index contributed by atoms with van der Waals surface area (Å²) in [4.78, 5) is 24.0. The summed E-state index contributed by atoms with van der Waals surface area (Å²) in [5.41, 5.74) is 1.48. The number of carbonyl (C=O) groups is 1. The second-order valence-electron chi connectivity index (χ2n) is 4.84. The number of ether oxygens (including phenoxy) is 1. The Morgan fingerprint density at radius 1 is 1.26 bits per heavy atom. The molecule has 7 heteroatoms. The van der Waals surface area contributed by atoms with Gasteiger partial charge in [0, 0.05) is 16.8 Å². The summed E-state index contributed by atoms with van der Waals surface area (Å²) in [6, 6.07) is 11.7. The molecule has 1 heterocycles. The van der Waals surface area contributed by atoms with Crippen molar-refractivity contribution >= 4 is 34.3 Å². The van der Waals surface area contributed by atoms with Gasteiger partial charge < -0.3 is 14.5 Å². The predicted octanol–water partition coefficient (Wildman–Crippen LogP) is 2.90. The van der Waals surface area contributed by atoms with Crippen molar-refractivity contribution in [3.63, 3.8) is 0 Å². The number of oxazole rings is 1. The molecular weight excluding hydrogens is 320 g/mol. The third-order valence-corrected chi connectivity index (χ3v) is 3.54. The van der Waals surface area contributed by atoms with Gasteiger partial charge >= 0.3 is 5.76 Å². The van der Waals surface area contributed by atoms with Crippen LogP contribution in [0.4, 0.5) is 5.69 Å². The maximum Gasteiger partial charge on any atom is 0.420 e. The average molecular weight is 333 g/mol. The molecule has 0 spiro atoms. The molecule has 0 fully saturated rings. The summed E-state index contributed by atoms with van der Waals surface area (Å²) in [5.74, 6) is -0.251. The van der Waals surface area contributed by atoms with Crippen molar-refractivity contribution in [1.29, 1.82) is 0 Å². The van der Waals surface area contributed by atoms with Crippen molar-refractivity contribution in [2.45, 2.75) is 6.54 Å². The third-order valence-electron chi connectivity index (χ3n) is 3.31. The lowest BCUT2D eigenvalue weighted by Crippen LogP contribution is -2.24. The van der Waals surface area contributed by atoms with Gasteiger partial charge in [-0.3, -0.25) is 9.36 Å². The van der Waals surface area contributed by atoms with E-state index >= 15 is 0 Å². The SMILES string of the molecule is COc1ccc(NC(=O)Cn2c(=O)oc3cc(Cl)ccc32)cc1. The van der Waals surface area contributed by atoms with Crippen molar-refractivity contribution in [3.05, 3.63) is 58.0 Å². The fraction of sp³-hybridized carbons (Fsp3) is 0.125. The molecule has 0 aliphatic carbocycles. The van der Waals surface area contributed by atoms with Crippen LogP contribution in [-0.2, 0) is 11.3 Å². The lowest BCUT2D eigenvalue weighted by Gasteiger charge is -2.06. The number of carbonyl (C=O) groups excluding carboxylic acids is 1. The van der Waals surface area contributed by atoms with E-state index in [0.717, 1.165) is 0 Å². The fourth-order valence-corrected chi connectivity index (χ4v) is 2.37. The number of halogens is 1. The van der Waals surface area contributed by atoms with E-state index in [-0.39, 0.29) is 12.5 Å². The van der Waals surface area contributed by atoms with Gasteiger partial charge in [-0.15, -0.1) is 0 Å². The molecule has 1 aromatic heterocycles. The van der Waals surface area contributed by atoms with E-state index in [1.54, 1.807) is 43.5 Å². The van der Waals surface area contributed by atoms with Crippen LogP contribution < -0.4 is 15.8 Å². The van der Waals surface area contributed by atoms with Gasteiger partial charge in [0.25, 0.3) is 0 Å². The van der Waals surface area contributed by atoms with Gasteiger partial charge in [0.2, 0.25) is 5.91 Å². The highest BCUT2D eigenvalue weighted by Gasteiger charge is 2.13. The number of aromatic nitrogens is 1. The van der Waals surface area contributed by atoms with Crippen LogP contribution in [0.5, 0.6) is 5.75 Å². The van der Waals surface area contributed by atoms with Crippen LogP contribution in [0.3, 0.4) is 0 Å². The first-order valence-corrected chi connectivity index (χ1v) is 7.17. The zero-order valence-corrected chi connectivity index (χ0v) is 13.0. The maximum absolute atomic E-state index is 12.1. The largest absolute Gasteiger partial charge is 0.497 e. The van der Waals surface area contributed by atoms with Crippen LogP contribution >= 0.6 is 11.6 Å². The molecule has 3 aromatic rings. The summed E-state index contributed by atoms with van der Waals surface area (Å²) >= 11 is 5.86. The van der Waals surface area contributed by atoms with Gasteiger partial charge in [0.1, 0.15) is 12.3 Å². The number of rotatable bonds is 4. The van der Waals surface area contributed by atoms with E-state index < -0.39 is 5.76 Å². The van der Waals surface area contributed by atoms with Crippen LogP contribution in [0.2, 0.25) is 5.02 Å². The number of anilines is 1. The molecule has 0 unspecified atom stereocenters. The van der Waals surface area contributed by atoms with Crippen LogP contribution in [0.1, 0.15) is 0 Å². The minimum absolute atomic E-state index is 0.153. The quantitative estimate of drug-likeness (QED) is 0.797. The zero-order valence-electron chi connectivity index (χ0n) is 12.2. The molecule has 0 radical (unpaired) electrons. The molecule has 0 bridgehead atoms. The summed E-state index contributed by atoms with van der Waals surface area (Å²) in [6.45, 7) is -0.153. The van der Waals surface area contributed by atoms with Gasteiger partial charge in [-0.2, -0.15) is 0 Å². The molecule has 0 aliphatic rings. The first-order chi connectivity index (χ1) is 11.1. The summed E-state index contributed by atoms with van der Waals surface area (Å²) in [7, 11) is 1.57. The van der Waals surface area contributed by atoms with E-state index in [0.29, 0.717) is 27.6 Å². The number of benzene rings is 2. The number of nitrogens with one attached hydrogen (secondary N) is 1. The molecule has 1 N–H and O–H groups in total. The van der Waals surface area contributed by atoms with E-state index in [4.69, 9.17) is 20.8 Å². The number of amides is 1. The average Bonchev–Trinajstić information content (AvgIpc) is 2.83. The van der Waals surface area contributed by atoms with Gasteiger partial charge in [-0.25, -0.2) is 4.79 Å². The van der Waals surface area contributed by atoms with E-state index in [1.165, 1.54) is 10.6 Å². The van der Waals surface area contributed by atoms with Gasteiger partial charge in [0.15, 0.2) is 5.58 Å². The van der Waals surface area contributed by atoms with Crippen molar-refractivity contribution < 1.29 is 13.9 Å². The zero-order chi connectivity index (χ0) is 16.4. The molecule has 0 saturated carbocycles. The number of nitrogens with zero attached hydrogens (tertiary/aromatic N) is 1. The Morgan fingerprint density at radius 2 is 2.00 bits per heavy atom. The summed E-state index contributed by atoms with van der Waals surface area (Å²) in [6.07, 6.45) is 0. The molecule has 118 valence electrons. The van der Waals surface area contributed by atoms with Gasteiger partial charge in [-0.05, 0) is 36.4 Å². The Labute approximate surface area is 136 Å². The molecule has 0 saturated heterocycles. The first kappa shape index (κ1) is 15.2. The van der Waals surface area contributed by atoms with Crippen LogP contribution in [-0.4, -0.2) is 17.6 Å². The van der Waals surface area contributed by atoms with Crippen molar-refractivity contribution in [1.82, 2.24) is 4.57 Å². The minimum Gasteiger partial charge on any atom is -0.497 e. The molecule has 0 aliphatic heterocycles. The highest BCUT2D eigenvalue weighted by atomic mass is 35.5. The van der Waals surface area contributed by atoms with Crippen LogP contribution in [0.25, 0.3) is 11.1 Å². The van der Waals surface area contributed by atoms with E-state index in [9.17, 15) is 9.59 Å². The third kappa shape index (κ3) is 3.22. The topological polar surface area (TPSA) is 73.5 Å². The molecule has 1 amide bonds. The predicted molar refractivity (Wildman–Crippen MR) is 87.1 cm³/mol. The maximum atomic E-state index is 12.1. The van der Waals surface area contributed by atoms with Gasteiger partial charge in [-0.1, -0.05) is 11.6 Å². The summed E-state index contributed by atoms with van der Waals surface area (Å²) in [5, 5.41) is 3.17. The van der Waals surface area contributed by atoms with Crippen molar-refractivity contribution in [2.75, 3.05) is 12.4 Å². The van der Waals surface area contributed by atoms with Crippen LogP contribution in [0.15, 0.2) is 51.7 Å². The van der Waals surface area contributed by atoms with E-state index in [2.05, 4.69) is 5.32 Å². The molecule has 0 atom stereocenters. The number of methoxy groups -OCH3 is 1. The smallest absolute Gasteiger partial charge is 0.420 e. The fourth-order valence-electron chi connectivity index (χ4n) is 2.21. The van der Waals surface area contributed by atoms with Crippen molar-refractivity contribution in [2.24, 2.45) is 0 Å². The Balaban J connectivity index is 1.79. The Hall–Kier alpha value is -2.73. The Bertz CT molecular complexity index is 912. The Kier molecular flexibility index (Phi) is 4.08. The number of hydrogen-bond donors (Lipinski definition) is 1. The minimum atomic E-state index is -0.604. The highest BCUT2D eigenvalue weighted by molar-refractivity contribution is 6.31. The monoisotopic (exact) mass is 332 g/mol. The van der Waals surface area contributed by atoms with Crippen molar-refractivity contribution in [3.8, 4) is 5.75 Å². The van der Waals surface area contributed by atoms with Crippen LogP contribution in [0, 0.1) is 0 Å². The Morgan fingerprint density at radius 3 is 2.70 bits per heavy atom. The number of fused-ring (bicyclic) bond motifs is 1. The number of hydrogen-bond acceptors (Lipinski definition) is 4. The summed E-state index contributed by atoms with van der Waals surface area (Å²) < 4.78 is 11.4. The molecule has 6 nitrogen and oxygen atoms in total. The normalized spacial score (nSPS) is 10.7. The lowest BCUT2D eigenvalue weighted by atomic mass is 10.3. The molecular formula is C16H13ClN2O4. The standard InChI is InChI=1S/C16H13ClN2O4/c1-22-12-5-3-11(4-6-12)18-15(20)9-19-13-7-2-10(17)8-14(13)23-16(19)21/h2-8H,9H2,1H3,(H,18,20). The van der Waals surface area contributed by atoms with Gasteiger partial charge in [0.05, 0.1) is 12.6 Å². The second-order valence-corrected chi connectivity index (χ2v) is 5.28. The first-order valence-electron chi connectivity index (χ1n) is 6.79. The molecule has 3 rings (SSSR count). The van der Waals surface area contributed by atoms with E-state index in [1.807, 2.05) is 0 Å². The molecule has 2 aromatic carbocycles.